The summed E-state index contributed by atoms with van der Waals surface area (Å²) in [6, 6.07) is 6.43. The van der Waals surface area contributed by atoms with Gasteiger partial charge in [0, 0.05) is 13.1 Å². The van der Waals surface area contributed by atoms with E-state index in [4.69, 9.17) is 10.5 Å². The Kier molecular flexibility index (Phi) is 5.06. The molecule has 0 bridgehead atoms. The lowest BCUT2D eigenvalue weighted by molar-refractivity contribution is -0.130. The number of benzene rings is 1. The van der Waals surface area contributed by atoms with Gasteiger partial charge in [0.25, 0.3) is 0 Å². The van der Waals surface area contributed by atoms with Crippen molar-refractivity contribution in [3.8, 4) is 5.75 Å². The Hall–Kier alpha value is -1.60. The van der Waals surface area contributed by atoms with Gasteiger partial charge in [0.2, 0.25) is 15.9 Å². The molecule has 25 heavy (non-hydrogen) atoms. The topological polar surface area (TPSA) is 89.7 Å². The van der Waals surface area contributed by atoms with Gasteiger partial charge in [-0.1, -0.05) is 12.8 Å². The fraction of sp³-hybridized carbons (Fsp3) is 0.611. The molecule has 138 valence electrons. The SMILES string of the molecule is CCOc1ccc(S(=O)(=O)N2CCC[C@](CC3CC3)(C(N)=O)C2)cc1. The Morgan fingerprint density at radius 3 is 2.56 bits per heavy atom. The highest BCUT2D eigenvalue weighted by molar-refractivity contribution is 7.89. The Morgan fingerprint density at radius 2 is 2.00 bits per heavy atom. The first-order valence-corrected chi connectivity index (χ1v) is 10.3. The minimum atomic E-state index is -3.64. The maximum atomic E-state index is 13.0. The number of piperidine rings is 1. The van der Waals surface area contributed by atoms with Crippen LogP contribution in [-0.4, -0.2) is 38.3 Å². The number of hydrogen-bond acceptors (Lipinski definition) is 4. The van der Waals surface area contributed by atoms with Gasteiger partial charge in [-0.25, -0.2) is 8.42 Å². The van der Waals surface area contributed by atoms with E-state index in [1.165, 1.54) is 4.31 Å². The van der Waals surface area contributed by atoms with E-state index in [9.17, 15) is 13.2 Å². The van der Waals surface area contributed by atoms with Crippen LogP contribution in [-0.2, 0) is 14.8 Å². The van der Waals surface area contributed by atoms with Crippen LogP contribution in [0.5, 0.6) is 5.75 Å². The van der Waals surface area contributed by atoms with Crippen molar-refractivity contribution in [2.24, 2.45) is 17.1 Å². The highest BCUT2D eigenvalue weighted by Gasteiger charge is 2.47. The van der Waals surface area contributed by atoms with Gasteiger partial charge in [-0.3, -0.25) is 4.79 Å². The van der Waals surface area contributed by atoms with Crippen LogP contribution in [0, 0.1) is 11.3 Å². The lowest BCUT2D eigenvalue weighted by atomic mass is 9.75. The van der Waals surface area contributed by atoms with Crippen molar-refractivity contribution in [1.82, 2.24) is 4.31 Å². The lowest BCUT2D eigenvalue weighted by Gasteiger charge is -2.40. The van der Waals surface area contributed by atoms with Crippen LogP contribution < -0.4 is 10.5 Å². The molecule has 6 nitrogen and oxygen atoms in total. The normalized spacial score (nSPS) is 24.8. The molecule has 7 heteroatoms. The van der Waals surface area contributed by atoms with Crippen molar-refractivity contribution in [2.75, 3.05) is 19.7 Å². The van der Waals surface area contributed by atoms with E-state index in [0.717, 1.165) is 12.8 Å². The van der Waals surface area contributed by atoms with E-state index in [1.807, 2.05) is 6.92 Å². The molecule has 1 atom stereocenters. The predicted molar refractivity (Wildman–Crippen MR) is 94.6 cm³/mol. The van der Waals surface area contributed by atoms with Gasteiger partial charge >= 0.3 is 0 Å². The monoisotopic (exact) mass is 366 g/mol. The van der Waals surface area contributed by atoms with Crippen LogP contribution >= 0.6 is 0 Å². The third-order valence-corrected chi connectivity index (χ3v) is 7.07. The van der Waals surface area contributed by atoms with Gasteiger partial charge in [-0.05, 0) is 56.4 Å². The summed E-state index contributed by atoms with van der Waals surface area (Å²) in [5.74, 6) is 0.784. The molecule has 1 aromatic carbocycles. The van der Waals surface area contributed by atoms with Crippen LogP contribution in [0.15, 0.2) is 29.2 Å². The summed E-state index contributed by atoms with van der Waals surface area (Å²) in [4.78, 5) is 12.4. The largest absolute Gasteiger partial charge is 0.494 e. The highest BCUT2D eigenvalue weighted by Crippen LogP contribution is 2.45. The third kappa shape index (κ3) is 3.82. The molecule has 0 unspecified atom stereocenters. The summed E-state index contributed by atoms with van der Waals surface area (Å²) in [5.41, 5.74) is 4.97. The summed E-state index contributed by atoms with van der Waals surface area (Å²) >= 11 is 0. The lowest BCUT2D eigenvalue weighted by Crippen LogP contribution is -2.52. The minimum absolute atomic E-state index is 0.189. The first kappa shape index (κ1) is 18.2. The van der Waals surface area contributed by atoms with E-state index in [0.29, 0.717) is 44.1 Å². The number of nitrogens with zero attached hydrogens (tertiary/aromatic N) is 1. The molecule has 1 saturated carbocycles. The molecule has 1 saturated heterocycles. The van der Waals surface area contributed by atoms with Crippen molar-refractivity contribution >= 4 is 15.9 Å². The van der Waals surface area contributed by atoms with Crippen molar-refractivity contribution < 1.29 is 17.9 Å². The molecule has 2 N–H and O–H groups in total. The molecular formula is C18H26N2O4S. The van der Waals surface area contributed by atoms with Crippen LogP contribution in [0.3, 0.4) is 0 Å². The highest BCUT2D eigenvalue weighted by atomic mass is 32.2. The fourth-order valence-corrected chi connectivity index (χ4v) is 5.23. The number of ether oxygens (including phenoxy) is 1. The Balaban J connectivity index is 1.82. The number of rotatable bonds is 7. The van der Waals surface area contributed by atoms with Crippen molar-refractivity contribution in [3.05, 3.63) is 24.3 Å². The molecule has 1 heterocycles. The number of carbonyl (C=O) groups is 1. The average Bonchev–Trinajstić information content (AvgIpc) is 3.39. The van der Waals surface area contributed by atoms with E-state index >= 15 is 0 Å². The summed E-state index contributed by atoms with van der Waals surface area (Å²) in [6.45, 7) is 3.02. The van der Waals surface area contributed by atoms with Gasteiger partial charge in [0.1, 0.15) is 5.75 Å². The van der Waals surface area contributed by atoms with Crippen molar-refractivity contribution in [1.29, 1.82) is 0 Å². The summed E-state index contributed by atoms with van der Waals surface area (Å²) < 4.78 is 32.8. The average molecular weight is 366 g/mol. The molecule has 3 rings (SSSR count). The van der Waals surface area contributed by atoms with Crippen molar-refractivity contribution in [3.63, 3.8) is 0 Å². The number of hydrogen-bond donors (Lipinski definition) is 1. The van der Waals surface area contributed by atoms with Crippen LogP contribution in [0.1, 0.15) is 39.0 Å². The van der Waals surface area contributed by atoms with E-state index in [-0.39, 0.29) is 17.3 Å². The molecule has 0 spiro atoms. The first-order chi connectivity index (χ1) is 11.9. The zero-order chi connectivity index (χ0) is 18.1. The Morgan fingerprint density at radius 1 is 1.32 bits per heavy atom. The van der Waals surface area contributed by atoms with Gasteiger partial charge in [-0.2, -0.15) is 4.31 Å². The zero-order valence-corrected chi connectivity index (χ0v) is 15.4. The number of carbonyl (C=O) groups excluding carboxylic acids is 1. The zero-order valence-electron chi connectivity index (χ0n) is 14.6. The quantitative estimate of drug-likeness (QED) is 0.800. The second kappa shape index (κ2) is 6.96. The molecular weight excluding hydrogens is 340 g/mol. The summed E-state index contributed by atoms with van der Waals surface area (Å²) in [5, 5.41) is 0. The Labute approximate surface area is 149 Å². The standard InChI is InChI=1S/C18H26N2O4S/c1-2-24-15-6-8-16(9-7-15)25(22,23)20-11-3-10-18(13-20,17(19)21)12-14-4-5-14/h6-9,14H,2-5,10-13H2,1H3,(H2,19,21)/t18-/m1/s1. The van der Waals surface area contributed by atoms with E-state index < -0.39 is 15.4 Å². The van der Waals surface area contributed by atoms with Crippen LogP contribution in [0.25, 0.3) is 0 Å². The van der Waals surface area contributed by atoms with E-state index in [1.54, 1.807) is 24.3 Å². The predicted octanol–water partition coefficient (Wildman–Crippen LogP) is 2.14. The van der Waals surface area contributed by atoms with Gasteiger partial charge in [-0.15, -0.1) is 0 Å². The Bertz CT molecular complexity index is 728. The second-order valence-electron chi connectivity index (χ2n) is 7.14. The summed E-state index contributed by atoms with van der Waals surface area (Å²) in [7, 11) is -3.64. The summed E-state index contributed by atoms with van der Waals surface area (Å²) in [6.07, 6.45) is 4.26. The molecule has 1 aromatic rings. The van der Waals surface area contributed by atoms with Crippen LogP contribution in [0.4, 0.5) is 0 Å². The molecule has 0 radical (unpaired) electrons. The molecule has 2 aliphatic rings. The number of primary amides is 1. The van der Waals surface area contributed by atoms with Crippen LogP contribution in [0.2, 0.25) is 0 Å². The molecule has 1 amide bonds. The second-order valence-corrected chi connectivity index (χ2v) is 9.08. The maximum absolute atomic E-state index is 13.0. The first-order valence-electron chi connectivity index (χ1n) is 8.90. The van der Waals surface area contributed by atoms with Gasteiger partial charge in [0.15, 0.2) is 0 Å². The van der Waals surface area contributed by atoms with E-state index in [2.05, 4.69) is 0 Å². The molecule has 1 aliphatic heterocycles. The smallest absolute Gasteiger partial charge is 0.243 e. The number of sulfonamides is 1. The van der Waals surface area contributed by atoms with Gasteiger partial charge < -0.3 is 10.5 Å². The molecule has 1 aliphatic carbocycles. The molecule has 0 aromatic heterocycles. The molecule has 2 fully saturated rings. The maximum Gasteiger partial charge on any atom is 0.243 e. The number of nitrogens with two attached hydrogens (primary N) is 1. The van der Waals surface area contributed by atoms with Crippen molar-refractivity contribution in [2.45, 2.75) is 43.9 Å². The minimum Gasteiger partial charge on any atom is -0.494 e. The number of amides is 1. The third-order valence-electron chi connectivity index (χ3n) is 5.21. The van der Waals surface area contributed by atoms with Gasteiger partial charge in [0.05, 0.1) is 16.9 Å². The fourth-order valence-electron chi connectivity index (χ4n) is 3.66.